The van der Waals surface area contributed by atoms with Crippen molar-refractivity contribution in [1.82, 2.24) is 10.2 Å². The third-order valence-electron chi connectivity index (χ3n) is 2.80. The van der Waals surface area contributed by atoms with E-state index in [0.29, 0.717) is 24.0 Å². The van der Waals surface area contributed by atoms with E-state index < -0.39 is 5.56 Å². The molecule has 2 rings (SSSR count). The van der Waals surface area contributed by atoms with E-state index in [9.17, 15) is 4.79 Å². The molecule has 6 heteroatoms. The number of hydrogen-bond donors (Lipinski definition) is 2. The van der Waals surface area contributed by atoms with Crippen molar-refractivity contribution < 1.29 is 4.74 Å². The second kappa shape index (κ2) is 6.49. The van der Waals surface area contributed by atoms with Gasteiger partial charge in [-0.05, 0) is 24.1 Å². The van der Waals surface area contributed by atoms with Gasteiger partial charge in [-0.1, -0.05) is 38.2 Å². The van der Waals surface area contributed by atoms with Gasteiger partial charge in [0.1, 0.15) is 10.7 Å². The minimum absolute atomic E-state index is 0.0421. The van der Waals surface area contributed by atoms with Crippen molar-refractivity contribution in [1.29, 1.82) is 0 Å². The molecule has 2 aromatic rings. The average molecular weight is 303 g/mol. The Bertz CT molecular complexity index is 710. The number of aromatic nitrogens is 2. The maximum absolute atomic E-state index is 11.6. The summed E-state index contributed by atoms with van der Waals surface area (Å²) in [4.78, 5) is 11.7. The van der Waals surface area contributed by atoms with E-state index >= 15 is 0 Å². The van der Waals surface area contributed by atoms with Gasteiger partial charge in [-0.3, -0.25) is 4.79 Å². The van der Waals surface area contributed by atoms with Crippen molar-refractivity contribution >= 4 is 17.2 Å². The largest absolute Gasteiger partial charge is 0.493 e. The number of ether oxygens (including phenoxy) is 1. The van der Waals surface area contributed by atoms with Crippen LogP contribution in [0.15, 0.2) is 35.1 Å². The molecule has 110 valence electrons. The Kier molecular flexibility index (Phi) is 4.70. The van der Waals surface area contributed by atoms with Gasteiger partial charge in [0.05, 0.1) is 17.9 Å². The van der Waals surface area contributed by atoms with Gasteiger partial charge in [-0.25, -0.2) is 5.10 Å². The zero-order valence-corrected chi connectivity index (χ0v) is 12.7. The molecule has 0 bridgehead atoms. The Morgan fingerprint density at radius 3 is 2.81 bits per heavy atom. The summed E-state index contributed by atoms with van der Waals surface area (Å²) in [7, 11) is 0. The number of para-hydroxylation sites is 1. The van der Waals surface area contributed by atoms with Crippen LogP contribution in [0.3, 0.4) is 0 Å². The number of nitrogens with two attached hydrogens (primary N) is 1. The number of hydrogen-bond acceptors (Lipinski definition) is 4. The monoisotopic (exact) mass is 303 g/mol. The number of H-pyrrole nitrogens is 1. The van der Waals surface area contributed by atoms with Gasteiger partial charge < -0.3 is 10.5 Å². The van der Waals surface area contributed by atoms with Gasteiger partial charge in [0.25, 0.3) is 5.56 Å². The van der Waals surface area contributed by atoms with Gasteiger partial charge in [-0.2, -0.15) is 5.10 Å². The standard InChI is InChI=1S/C15H17N3O2S/c1-9(2)8-20-13-6-4-3-5-10(13)12-7-11(14(16)21)15(19)18-17-12/h3-7,9H,8H2,1-2H3,(H2,16,21)(H,18,19). The molecule has 1 heterocycles. The highest BCUT2D eigenvalue weighted by Crippen LogP contribution is 2.28. The number of nitrogens with zero attached hydrogens (tertiary/aromatic N) is 1. The van der Waals surface area contributed by atoms with Crippen molar-refractivity contribution in [2.75, 3.05) is 6.61 Å². The van der Waals surface area contributed by atoms with E-state index in [2.05, 4.69) is 24.0 Å². The molecule has 5 nitrogen and oxygen atoms in total. The Labute approximate surface area is 128 Å². The minimum Gasteiger partial charge on any atom is -0.493 e. The van der Waals surface area contributed by atoms with Crippen LogP contribution in [0.5, 0.6) is 5.75 Å². The second-order valence-corrected chi connectivity index (χ2v) is 5.50. The van der Waals surface area contributed by atoms with Crippen LogP contribution in [0.4, 0.5) is 0 Å². The van der Waals surface area contributed by atoms with Gasteiger partial charge in [0.2, 0.25) is 0 Å². The van der Waals surface area contributed by atoms with E-state index in [-0.39, 0.29) is 10.6 Å². The van der Waals surface area contributed by atoms with Crippen molar-refractivity contribution in [3.05, 3.63) is 46.2 Å². The van der Waals surface area contributed by atoms with Gasteiger partial charge in [0, 0.05) is 5.56 Å². The summed E-state index contributed by atoms with van der Waals surface area (Å²) in [6, 6.07) is 9.09. The smallest absolute Gasteiger partial charge is 0.274 e. The number of rotatable bonds is 5. The second-order valence-electron chi connectivity index (χ2n) is 5.06. The fourth-order valence-electron chi connectivity index (χ4n) is 1.79. The molecule has 0 aliphatic rings. The normalized spacial score (nSPS) is 10.6. The molecule has 0 atom stereocenters. The topological polar surface area (TPSA) is 81.0 Å². The summed E-state index contributed by atoms with van der Waals surface area (Å²) in [5.74, 6) is 1.12. The molecule has 0 aliphatic heterocycles. The van der Waals surface area contributed by atoms with Crippen LogP contribution in [-0.4, -0.2) is 21.8 Å². The van der Waals surface area contributed by atoms with E-state index in [1.54, 1.807) is 6.07 Å². The lowest BCUT2D eigenvalue weighted by molar-refractivity contribution is 0.272. The summed E-state index contributed by atoms with van der Waals surface area (Å²) in [5, 5.41) is 6.46. The van der Waals surface area contributed by atoms with E-state index in [4.69, 9.17) is 22.7 Å². The molecular weight excluding hydrogens is 286 g/mol. The first-order valence-electron chi connectivity index (χ1n) is 6.60. The highest BCUT2D eigenvalue weighted by atomic mass is 32.1. The predicted molar refractivity (Wildman–Crippen MR) is 86.5 cm³/mol. The Morgan fingerprint density at radius 1 is 1.43 bits per heavy atom. The summed E-state index contributed by atoms with van der Waals surface area (Å²) in [6.45, 7) is 4.75. The summed E-state index contributed by atoms with van der Waals surface area (Å²) in [5.41, 5.74) is 6.75. The fraction of sp³-hybridized carbons (Fsp3) is 0.267. The van der Waals surface area contributed by atoms with Crippen LogP contribution in [0.2, 0.25) is 0 Å². The molecule has 0 fully saturated rings. The first-order chi connectivity index (χ1) is 9.99. The van der Waals surface area contributed by atoms with Crippen LogP contribution in [-0.2, 0) is 0 Å². The average Bonchev–Trinajstić information content (AvgIpc) is 2.45. The lowest BCUT2D eigenvalue weighted by atomic mass is 10.1. The molecule has 0 saturated carbocycles. The maximum atomic E-state index is 11.6. The Balaban J connectivity index is 2.44. The third kappa shape index (κ3) is 3.66. The molecule has 0 aliphatic carbocycles. The zero-order valence-electron chi connectivity index (χ0n) is 11.9. The van der Waals surface area contributed by atoms with Gasteiger partial charge >= 0.3 is 0 Å². The lowest BCUT2D eigenvalue weighted by Crippen LogP contribution is -2.23. The SMILES string of the molecule is CC(C)COc1ccccc1-c1cc(C(N)=S)c(=O)[nH]n1. The van der Waals surface area contributed by atoms with Crippen LogP contribution >= 0.6 is 12.2 Å². The number of aromatic amines is 1. The molecule has 0 radical (unpaired) electrons. The number of thiocarbonyl (C=S) groups is 1. The van der Waals surface area contributed by atoms with Crippen LogP contribution < -0.4 is 16.0 Å². The predicted octanol–water partition coefficient (Wildman–Crippen LogP) is 2.11. The highest BCUT2D eigenvalue weighted by Gasteiger charge is 2.12. The molecule has 0 unspecified atom stereocenters. The maximum Gasteiger partial charge on any atom is 0.274 e. The summed E-state index contributed by atoms with van der Waals surface area (Å²) in [6.07, 6.45) is 0. The first-order valence-corrected chi connectivity index (χ1v) is 7.01. The quantitative estimate of drug-likeness (QED) is 0.827. The van der Waals surface area contributed by atoms with Crippen LogP contribution in [0.1, 0.15) is 19.4 Å². The minimum atomic E-state index is -0.396. The van der Waals surface area contributed by atoms with E-state index in [1.807, 2.05) is 24.3 Å². The van der Waals surface area contributed by atoms with Gasteiger partial charge in [-0.15, -0.1) is 0 Å². The molecule has 1 aromatic heterocycles. The summed E-state index contributed by atoms with van der Waals surface area (Å²) >= 11 is 4.88. The van der Waals surface area contributed by atoms with Crippen molar-refractivity contribution in [2.45, 2.75) is 13.8 Å². The zero-order chi connectivity index (χ0) is 15.4. The van der Waals surface area contributed by atoms with Gasteiger partial charge in [0.15, 0.2) is 0 Å². The van der Waals surface area contributed by atoms with Crippen LogP contribution in [0, 0.1) is 5.92 Å². The molecule has 0 amide bonds. The van der Waals surface area contributed by atoms with Crippen molar-refractivity contribution in [2.24, 2.45) is 11.7 Å². The van der Waals surface area contributed by atoms with Crippen molar-refractivity contribution in [3.63, 3.8) is 0 Å². The summed E-state index contributed by atoms with van der Waals surface area (Å²) < 4.78 is 5.79. The molecule has 0 saturated heterocycles. The van der Waals surface area contributed by atoms with E-state index in [0.717, 1.165) is 5.56 Å². The number of benzene rings is 1. The molecule has 21 heavy (non-hydrogen) atoms. The Hall–Kier alpha value is -2.21. The molecular formula is C15H17N3O2S. The number of nitrogens with one attached hydrogen (secondary N) is 1. The molecule has 3 N–H and O–H groups in total. The van der Waals surface area contributed by atoms with E-state index in [1.165, 1.54) is 0 Å². The van der Waals surface area contributed by atoms with Crippen molar-refractivity contribution in [3.8, 4) is 17.0 Å². The highest BCUT2D eigenvalue weighted by molar-refractivity contribution is 7.80. The first kappa shape index (κ1) is 15.2. The third-order valence-corrected chi connectivity index (χ3v) is 3.02. The lowest BCUT2D eigenvalue weighted by Gasteiger charge is -2.12. The Morgan fingerprint density at radius 2 is 2.14 bits per heavy atom. The fourth-order valence-corrected chi connectivity index (χ4v) is 1.94. The molecule has 0 spiro atoms. The molecule has 1 aromatic carbocycles. The van der Waals surface area contributed by atoms with Crippen LogP contribution in [0.25, 0.3) is 11.3 Å².